The number of primary amides is 1. The number of rotatable bonds is 8. The third-order valence-electron chi connectivity index (χ3n) is 4.39. The minimum absolute atomic E-state index is 0.261. The van der Waals surface area contributed by atoms with Gasteiger partial charge in [-0.25, -0.2) is 9.98 Å². The first-order valence-corrected chi connectivity index (χ1v) is 9.53. The van der Waals surface area contributed by atoms with Gasteiger partial charge in [0.25, 0.3) is 0 Å². The Morgan fingerprint density at radius 3 is 2.77 bits per heavy atom. The van der Waals surface area contributed by atoms with Gasteiger partial charge in [0.1, 0.15) is 12.4 Å². The van der Waals surface area contributed by atoms with Crippen molar-refractivity contribution in [3.05, 3.63) is 18.2 Å². The van der Waals surface area contributed by atoms with Crippen LogP contribution in [0.4, 0.5) is 0 Å². The van der Waals surface area contributed by atoms with Crippen LogP contribution in [-0.2, 0) is 17.9 Å². The number of aliphatic imine (C=N–C) groups is 1. The molecule has 26 heavy (non-hydrogen) atoms. The van der Waals surface area contributed by atoms with Gasteiger partial charge in [0.2, 0.25) is 5.91 Å². The number of aromatic nitrogens is 2. The predicted molar refractivity (Wildman–Crippen MR) is 104 cm³/mol. The van der Waals surface area contributed by atoms with Gasteiger partial charge in [0.15, 0.2) is 5.96 Å². The summed E-state index contributed by atoms with van der Waals surface area (Å²) >= 11 is 0. The molecule has 1 aliphatic heterocycles. The molecular weight excluding hydrogens is 330 g/mol. The average molecular weight is 364 g/mol. The highest BCUT2D eigenvalue weighted by Crippen LogP contribution is 2.10. The lowest BCUT2D eigenvalue weighted by molar-refractivity contribution is -0.119. The van der Waals surface area contributed by atoms with Crippen LogP contribution in [0.1, 0.15) is 39.4 Å². The maximum Gasteiger partial charge on any atom is 0.231 e. The molecule has 2 rings (SSSR count). The first-order valence-electron chi connectivity index (χ1n) is 9.53. The van der Waals surface area contributed by atoms with Crippen molar-refractivity contribution < 1.29 is 4.79 Å². The Kier molecular flexibility index (Phi) is 7.90. The molecule has 1 aromatic rings. The van der Waals surface area contributed by atoms with E-state index in [9.17, 15) is 4.79 Å². The lowest BCUT2D eigenvalue weighted by Gasteiger charge is -2.32. The van der Waals surface area contributed by atoms with E-state index in [1.165, 1.54) is 0 Å². The highest BCUT2D eigenvalue weighted by atomic mass is 16.1. The molecule has 0 radical (unpaired) electrons. The van der Waals surface area contributed by atoms with Crippen LogP contribution in [0, 0.1) is 5.92 Å². The fourth-order valence-electron chi connectivity index (χ4n) is 3.17. The van der Waals surface area contributed by atoms with E-state index in [1.807, 2.05) is 12.4 Å². The van der Waals surface area contributed by atoms with Gasteiger partial charge in [-0.05, 0) is 25.7 Å². The zero-order valence-corrected chi connectivity index (χ0v) is 16.2. The van der Waals surface area contributed by atoms with Crippen molar-refractivity contribution in [2.45, 2.75) is 52.7 Å². The van der Waals surface area contributed by atoms with E-state index in [2.05, 4.69) is 45.9 Å². The van der Waals surface area contributed by atoms with Crippen LogP contribution >= 0.6 is 0 Å². The molecule has 8 nitrogen and oxygen atoms in total. The molecule has 1 aromatic heterocycles. The molecule has 8 heteroatoms. The first kappa shape index (κ1) is 20.2. The summed E-state index contributed by atoms with van der Waals surface area (Å²) in [5.74, 6) is 2.11. The number of piperidine rings is 1. The molecule has 0 saturated carbocycles. The molecular formula is C18H33N7O. The maximum absolute atomic E-state index is 11.0. The van der Waals surface area contributed by atoms with Crippen molar-refractivity contribution >= 4 is 11.9 Å². The normalized spacial score (nSPS) is 16.8. The molecule has 1 aliphatic rings. The van der Waals surface area contributed by atoms with Crippen LogP contribution in [0.5, 0.6) is 0 Å². The lowest BCUT2D eigenvalue weighted by atomic mass is 10.1. The van der Waals surface area contributed by atoms with Gasteiger partial charge in [0, 0.05) is 44.6 Å². The van der Waals surface area contributed by atoms with E-state index in [0.29, 0.717) is 25.0 Å². The highest BCUT2D eigenvalue weighted by molar-refractivity contribution is 5.80. The van der Waals surface area contributed by atoms with Gasteiger partial charge in [0.05, 0.1) is 6.54 Å². The van der Waals surface area contributed by atoms with E-state index >= 15 is 0 Å². The number of imidazole rings is 1. The maximum atomic E-state index is 11.0. The molecule has 0 bridgehead atoms. The number of nitrogens with two attached hydrogens (primary N) is 1. The van der Waals surface area contributed by atoms with E-state index in [-0.39, 0.29) is 5.91 Å². The average Bonchev–Trinajstić information content (AvgIpc) is 3.00. The molecule has 0 spiro atoms. The van der Waals surface area contributed by atoms with E-state index in [4.69, 9.17) is 10.7 Å². The Morgan fingerprint density at radius 2 is 2.15 bits per heavy atom. The Balaban J connectivity index is 1.89. The molecule has 1 saturated heterocycles. The quantitative estimate of drug-likeness (QED) is 0.462. The van der Waals surface area contributed by atoms with Crippen LogP contribution in [0.3, 0.4) is 0 Å². The number of nitrogens with zero attached hydrogens (tertiary/aromatic N) is 4. The van der Waals surface area contributed by atoms with Gasteiger partial charge in [-0.3, -0.25) is 9.69 Å². The van der Waals surface area contributed by atoms with Crippen molar-refractivity contribution in [2.75, 3.05) is 26.2 Å². The number of carbonyl (C=O) groups excluding carboxylic acids is 1. The van der Waals surface area contributed by atoms with E-state index < -0.39 is 0 Å². The van der Waals surface area contributed by atoms with Crippen LogP contribution in [0.2, 0.25) is 0 Å². The number of likely N-dealkylation sites (tertiary alicyclic amines) is 1. The second-order valence-electron chi connectivity index (χ2n) is 7.25. The Bertz CT molecular complexity index is 588. The smallest absolute Gasteiger partial charge is 0.231 e. The number of nitrogens with one attached hydrogen (secondary N) is 2. The van der Waals surface area contributed by atoms with Crippen LogP contribution in [0.15, 0.2) is 17.4 Å². The van der Waals surface area contributed by atoms with Gasteiger partial charge >= 0.3 is 0 Å². The Hall–Kier alpha value is -2.09. The van der Waals surface area contributed by atoms with Crippen molar-refractivity contribution in [1.29, 1.82) is 0 Å². The molecule has 0 atom stereocenters. The van der Waals surface area contributed by atoms with Gasteiger partial charge in [-0.15, -0.1) is 0 Å². The van der Waals surface area contributed by atoms with Crippen molar-refractivity contribution in [2.24, 2.45) is 16.6 Å². The summed E-state index contributed by atoms with van der Waals surface area (Å²) in [6.45, 7) is 10.9. The molecule has 2 heterocycles. The van der Waals surface area contributed by atoms with Crippen molar-refractivity contribution in [1.82, 2.24) is 25.1 Å². The molecule has 4 N–H and O–H groups in total. The summed E-state index contributed by atoms with van der Waals surface area (Å²) < 4.78 is 2.17. The van der Waals surface area contributed by atoms with Crippen LogP contribution in [-0.4, -0.2) is 58.5 Å². The minimum Gasteiger partial charge on any atom is -0.369 e. The highest BCUT2D eigenvalue weighted by Gasteiger charge is 2.20. The summed E-state index contributed by atoms with van der Waals surface area (Å²) in [6.07, 6.45) is 5.79. The Morgan fingerprint density at radius 1 is 1.42 bits per heavy atom. The Labute approximate surface area is 156 Å². The monoisotopic (exact) mass is 363 g/mol. The van der Waals surface area contributed by atoms with E-state index in [1.54, 1.807) is 0 Å². The predicted octanol–water partition coefficient (Wildman–Crippen LogP) is 0.544. The molecule has 1 amide bonds. The lowest BCUT2D eigenvalue weighted by Crippen LogP contribution is -2.49. The number of amides is 1. The topological polar surface area (TPSA) is 101 Å². The van der Waals surface area contributed by atoms with Gasteiger partial charge in [-0.1, -0.05) is 13.8 Å². The second kappa shape index (κ2) is 10.2. The second-order valence-corrected chi connectivity index (χ2v) is 7.25. The summed E-state index contributed by atoms with van der Waals surface area (Å²) in [4.78, 5) is 22.3. The molecule has 1 fully saturated rings. The summed E-state index contributed by atoms with van der Waals surface area (Å²) in [5, 5.41) is 6.82. The van der Waals surface area contributed by atoms with Gasteiger partial charge < -0.3 is 20.9 Å². The SMILES string of the molecule is CCNC(=NCc1nccn1CC(C)C)NC1CCN(CC(N)=O)CC1. The standard InChI is InChI=1S/C18H33N7O/c1-4-20-18(22-11-17-21-7-10-25(17)12-14(2)3)23-15-5-8-24(9-6-15)13-16(19)26/h7,10,14-15H,4-6,8-9,11-13H2,1-3H3,(H2,19,26)(H2,20,22,23). The van der Waals surface area contributed by atoms with Crippen molar-refractivity contribution in [3.63, 3.8) is 0 Å². The molecule has 0 unspecified atom stereocenters. The zero-order valence-electron chi connectivity index (χ0n) is 16.2. The number of hydrogen-bond acceptors (Lipinski definition) is 4. The van der Waals surface area contributed by atoms with E-state index in [0.717, 1.165) is 50.8 Å². The number of hydrogen-bond donors (Lipinski definition) is 3. The minimum atomic E-state index is -0.261. The molecule has 146 valence electrons. The fraction of sp³-hybridized carbons (Fsp3) is 0.722. The fourth-order valence-corrected chi connectivity index (χ4v) is 3.17. The van der Waals surface area contributed by atoms with Gasteiger partial charge in [-0.2, -0.15) is 0 Å². The molecule has 0 aliphatic carbocycles. The largest absolute Gasteiger partial charge is 0.369 e. The number of carbonyl (C=O) groups is 1. The summed E-state index contributed by atoms with van der Waals surface area (Å²) in [6, 6.07) is 0.354. The summed E-state index contributed by atoms with van der Waals surface area (Å²) in [5.41, 5.74) is 5.27. The van der Waals surface area contributed by atoms with Crippen molar-refractivity contribution in [3.8, 4) is 0 Å². The third kappa shape index (κ3) is 6.67. The first-order chi connectivity index (χ1) is 12.5. The zero-order chi connectivity index (χ0) is 18.9. The molecule has 0 aromatic carbocycles. The number of guanidine groups is 1. The van der Waals surface area contributed by atoms with Crippen LogP contribution in [0.25, 0.3) is 0 Å². The third-order valence-corrected chi connectivity index (χ3v) is 4.39. The summed E-state index contributed by atoms with van der Waals surface area (Å²) in [7, 11) is 0. The van der Waals surface area contributed by atoms with Crippen LogP contribution < -0.4 is 16.4 Å².